The summed E-state index contributed by atoms with van der Waals surface area (Å²) < 4.78 is 4.91. The van der Waals surface area contributed by atoms with Crippen molar-refractivity contribution in [1.29, 1.82) is 5.26 Å². The maximum atomic E-state index is 11.4. The van der Waals surface area contributed by atoms with Gasteiger partial charge in [-0.1, -0.05) is 6.07 Å². The normalized spacial score (nSPS) is 9.56. The van der Waals surface area contributed by atoms with Gasteiger partial charge in [0.1, 0.15) is 0 Å². The molecule has 1 rings (SSSR count). The highest BCUT2D eigenvalue weighted by Crippen LogP contribution is 2.13. The summed E-state index contributed by atoms with van der Waals surface area (Å²) in [5, 5.41) is 8.51. The number of esters is 1. The molecule has 0 aromatic heterocycles. The topological polar surface area (TPSA) is 50.1 Å². The van der Waals surface area contributed by atoms with Gasteiger partial charge in [0, 0.05) is 6.42 Å². The monoisotopic (exact) mass is 217 g/mol. The molecule has 0 amide bonds. The van der Waals surface area contributed by atoms with Gasteiger partial charge in [0.25, 0.3) is 0 Å². The Balaban J connectivity index is 2.83. The standard InChI is InChI=1S/C13H15NO2/c1-3-16-13(15)12-7-6-11(5-4-8-14)10(2)9-12/h6-7,9H,3-5H2,1-2H3. The predicted octanol–water partition coefficient (Wildman–Crippen LogP) is 2.63. The van der Waals surface area contributed by atoms with Crippen molar-refractivity contribution in [3.63, 3.8) is 0 Å². The highest BCUT2D eigenvalue weighted by molar-refractivity contribution is 5.89. The number of hydrogen-bond acceptors (Lipinski definition) is 3. The van der Waals surface area contributed by atoms with Crippen LogP contribution in [0.15, 0.2) is 18.2 Å². The predicted molar refractivity (Wildman–Crippen MR) is 61.1 cm³/mol. The van der Waals surface area contributed by atoms with Crippen LogP contribution in [0.1, 0.15) is 34.8 Å². The van der Waals surface area contributed by atoms with E-state index in [2.05, 4.69) is 6.07 Å². The van der Waals surface area contributed by atoms with Crippen molar-refractivity contribution in [3.8, 4) is 6.07 Å². The van der Waals surface area contributed by atoms with Crippen LogP contribution in [0, 0.1) is 18.3 Å². The molecule has 16 heavy (non-hydrogen) atoms. The van der Waals surface area contributed by atoms with Gasteiger partial charge in [0.05, 0.1) is 18.2 Å². The molecule has 0 bridgehead atoms. The van der Waals surface area contributed by atoms with Crippen molar-refractivity contribution in [2.45, 2.75) is 26.7 Å². The minimum atomic E-state index is -0.294. The van der Waals surface area contributed by atoms with Crippen LogP contribution in [-0.2, 0) is 11.2 Å². The van der Waals surface area contributed by atoms with E-state index >= 15 is 0 Å². The first-order chi connectivity index (χ1) is 7.69. The van der Waals surface area contributed by atoms with E-state index in [0.717, 1.165) is 17.5 Å². The quantitative estimate of drug-likeness (QED) is 0.728. The van der Waals surface area contributed by atoms with Crippen LogP contribution in [0.25, 0.3) is 0 Å². The van der Waals surface area contributed by atoms with Crippen LogP contribution in [0.5, 0.6) is 0 Å². The van der Waals surface area contributed by atoms with E-state index in [1.165, 1.54) is 0 Å². The van der Waals surface area contributed by atoms with Crippen molar-refractivity contribution in [2.75, 3.05) is 6.61 Å². The van der Waals surface area contributed by atoms with Crippen LogP contribution in [0.3, 0.4) is 0 Å². The Hall–Kier alpha value is -1.82. The molecule has 0 radical (unpaired) electrons. The van der Waals surface area contributed by atoms with Crippen molar-refractivity contribution in [1.82, 2.24) is 0 Å². The lowest BCUT2D eigenvalue weighted by Crippen LogP contribution is -2.05. The Bertz CT molecular complexity index is 418. The lowest BCUT2D eigenvalue weighted by atomic mass is 10.0. The molecule has 0 fully saturated rings. The SMILES string of the molecule is CCOC(=O)c1ccc(CCC#N)c(C)c1. The maximum Gasteiger partial charge on any atom is 0.338 e. The van der Waals surface area contributed by atoms with Crippen LogP contribution in [0.4, 0.5) is 0 Å². The van der Waals surface area contributed by atoms with E-state index < -0.39 is 0 Å². The van der Waals surface area contributed by atoms with Gasteiger partial charge in [-0.25, -0.2) is 4.79 Å². The molecule has 0 heterocycles. The third kappa shape index (κ3) is 3.09. The van der Waals surface area contributed by atoms with Gasteiger partial charge in [-0.15, -0.1) is 0 Å². The number of carbonyl (C=O) groups excluding carboxylic acids is 1. The number of rotatable bonds is 4. The van der Waals surface area contributed by atoms with Gasteiger partial charge in [-0.3, -0.25) is 0 Å². The first kappa shape index (κ1) is 12.3. The van der Waals surface area contributed by atoms with Gasteiger partial charge >= 0.3 is 5.97 Å². The fourth-order valence-corrected chi connectivity index (χ4v) is 1.51. The highest BCUT2D eigenvalue weighted by Gasteiger charge is 2.07. The van der Waals surface area contributed by atoms with Gasteiger partial charge in [0.15, 0.2) is 0 Å². The summed E-state index contributed by atoms with van der Waals surface area (Å²) in [6.45, 7) is 4.11. The number of nitriles is 1. The molecular weight excluding hydrogens is 202 g/mol. The Kier molecular flexibility index (Phi) is 4.53. The summed E-state index contributed by atoms with van der Waals surface area (Å²) in [7, 11) is 0. The summed E-state index contributed by atoms with van der Waals surface area (Å²) in [5.74, 6) is -0.294. The van der Waals surface area contributed by atoms with Crippen molar-refractivity contribution < 1.29 is 9.53 Å². The molecule has 0 spiro atoms. The highest BCUT2D eigenvalue weighted by atomic mass is 16.5. The molecule has 1 aromatic carbocycles. The minimum Gasteiger partial charge on any atom is -0.462 e. The molecule has 0 unspecified atom stereocenters. The second-order valence-electron chi connectivity index (χ2n) is 3.52. The Morgan fingerprint density at radius 2 is 2.25 bits per heavy atom. The smallest absolute Gasteiger partial charge is 0.338 e. The first-order valence-corrected chi connectivity index (χ1v) is 5.32. The summed E-state index contributed by atoms with van der Waals surface area (Å²) in [6.07, 6.45) is 1.23. The lowest BCUT2D eigenvalue weighted by Gasteiger charge is -2.06. The molecule has 3 heteroatoms. The number of carbonyl (C=O) groups is 1. The fourth-order valence-electron chi connectivity index (χ4n) is 1.51. The zero-order valence-electron chi connectivity index (χ0n) is 9.62. The van der Waals surface area contributed by atoms with Crippen LogP contribution in [-0.4, -0.2) is 12.6 Å². The van der Waals surface area contributed by atoms with Crippen LogP contribution >= 0.6 is 0 Å². The maximum absolute atomic E-state index is 11.4. The number of nitrogens with zero attached hydrogens (tertiary/aromatic N) is 1. The van der Waals surface area contributed by atoms with Crippen molar-refractivity contribution in [3.05, 3.63) is 34.9 Å². The van der Waals surface area contributed by atoms with Gasteiger partial charge in [-0.05, 0) is 43.5 Å². The minimum absolute atomic E-state index is 0.294. The molecule has 3 nitrogen and oxygen atoms in total. The molecule has 0 aliphatic heterocycles. The molecular formula is C13H15NO2. The largest absolute Gasteiger partial charge is 0.462 e. The van der Waals surface area contributed by atoms with Crippen LogP contribution < -0.4 is 0 Å². The van der Waals surface area contributed by atoms with E-state index in [4.69, 9.17) is 10.00 Å². The van der Waals surface area contributed by atoms with E-state index in [9.17, 15) is 4.79 Å². The third-order valence-corrected chi connectivity index (χ3v) is 2.36. The molecule has 0 aliphatic carbocycles. The molecule has 1 aromatic rings. The second-order valence-corrected chi connectivity index (χ2v) is 3.52. The molecule has 0 N–H and O–H groups in total. The molecule has 0 atom stereocenters. The third-order valence-electron chi connectivity index (χ3n) is 2.36. The molecule has 0 saturated carbocycles. The second kappa shape index (κ2) is 5.92. The zero-order valence-corrected chi connectivity index (χ0v) is 9.62. The van der Waals surface area contributed by atoms with E-state index in [1.807, 2.05) is 19.1 Å². The number of hydrogen-bond donors (Lipinski definition) is 0. The van der Waals surface area contributed by atoms with E-state index in [-0.39, 0.29) is 5.97 Å². The van der Waals surface area contributed by atoms with Gasteiger partial charge in [0.2, 0.25) is 0 Å². The number of aryl methyl sites for hydroxylation is 2. The van der Waals surface area contributed by atoms with Crippen molar-refractivity contribution >= 4 is 5.97 Å². The average molecular weight is 217 g/mol. The Morgan fingerprint density at radius 3 is 2.81 bits per heavy atom. The molecule has 0 aliphatic rings. The van der Waals surface area contributed by atoms with Crippen molar-refractivity contribution in [2.24, 2.45) is 0 Å². The fraction of sp³-hybridized carbons (Fsp3) is 0.385. The Morgan fingerprint density at radius 1 is 1.50 bits per heavy atom. The average Bonchev–Trinajstić information content (AvgIpc) is 2.27. The van der Waals surface area contributed by atoms with Gasteiger partial charge < -0.3 is 4.74 Å². The summed E-state index contributed by atoms with van der Waals surface area (Å²) >= 11 is 0. The molecule has 0 saturated heterocycles. The first-order valence-electron chi connectivity index (χ1n) is 5.32. The van der Waals surface area contributed by atoms with Gasteiger partial charge in [-0.2, -0.15) is 5.26 Å². The number of benzene rings is 1. The van der Waals surface area contributed by atoms with E-state index in [1.54, 1.807) is 13.0 Å². The number of ether oxygens (including phenoxy) is 1. The Labute approximate surface area is 95.7 Å². The van der Waals surface area contributed by atoms with E-state index in [0.29, 0.717) is 18.6 Å². The summed E-state index contributed by atoms with van der Waals surface area (Å²) in [6, 6.07) is 7.56. The zero-order chi connectivity index (χ0) is 12.0. The van der Waals surface area contributed by atoms with Crippen LogP contribution in [0.2, 0.25) is 0 Å². The summed E-state index contributed by atoms with van der Waals surface area (Å²) in [5.41, 5.74) is 2.70. The summed E-state index contributed by atoms with van der Waals surface area (Å²) in [4.78, 5) is 11.4. The lowest BCUT2D eigenvalue weighted by molar-refractivity contribution is 0.0526. The molecule has 84 valence electrons.